The molecule has 2 saturated heterocycles. The van der Waals surface area contributed by atoms with Crippen LogP contribution < -0.4 is 22.3 Å². The van der Waals surface area contributed by atoms with E-state index in [0.717, 1.165) is 36.1 Å². The normalized spacial score (nSPS) is 17.9. The van der Waals surface area contributed by atoms with E-state index < -0.39 is 16.8 Å². The van der Waals surface area contributed by atoms with Crippen molar-refractivity contribution in [3.8, 4) is 0 Å². The molecule has 2 aromatic rings. The van der Waals surface area contributed by atoms with Crippen LogP contribution in [0.4, 0.5) is 11.5 Å². The molecule has 4 N–H and O–H groups in total. The SMILES string of the molecule is Cc1ccc(Nc2cc(=O)n(CCCC(=O)N3CCC(C(N)=O)(N4CCCCC4)CC3)c(=O)[nH]2)cc1Cl. The third-order valence-electron chi connectivity index (χ3n) is 7.61. The number of likely N-dealkylation sites (tertiary alicyclic amines) is 2. The Bertz CT molecular complexity index is 1230. The van der Waals surface area contributed by atoms with Crippen LogP contribution in [0, 0.1) is 6.92 Å². The second kappa shape index (κ2) is 11.5. The fraction of sp³-hybridized carbons (Fsp3) is 0.538. The first kappa shape index (κ1) is 26.9. The van der Waals surface area contributed by atoms with E-state index in [9.17, 15) is 19.2 Å². The van der Waals surface area contributed by atoms with Crippen molar-refractivity contribution in [2.24, 2.45) is 5.73 Å². The predicted octanol–water partition coefficient (Wildman–Crippen LogP) is 2.35. The van der Waals surface area contributed by atoms with Crippen molar-refractivity contribution in [2.45, 2.75) is 64.0 Å². The van der Waals surface area contributed by atoms with E-state index in [0.29, 0.717) is 43.1 Å². The first-order chi connectivity index (χ1) is 17.7. The molecule has 0 bridgehead atoms. The number of nitrogens with one attached hydrogen (secondary N) is 2. The third-order valence-corrected chi connectivity index (χ3v) is 8.01. The van der Waals surface area contributed by atoms with Crippen molar-refractivity contribution in [1.82, 2.24) is 19.4 Å². The third kappa shape index (κ3) is 6.07. The quantitative estimate of drug-likeness (QED) is 0.479. The van der Waals surface area contributed by atoms with Gasteiger partial charge in [0.2, 0.25) is 11.8 Å². The molecule has 1 aromatic heterocycles. The zero-order valence-electron chi connectivity index (χ0n) is 21.2. The number of halogens is 1. The molecule has 2 aliphatic heterocycles. The summed E-state index contributed by atoms with van der Waals surface area (Å²) in [6, 6.07) is 6.67. The first-order valence-electron chi connectivity index (χ1n) is 12.9. The summed E-state index contributed by atoms with van der Waals surface area (Å²) in [5.41, 5.74) is 5.73. The molecule has 0 unspecified atom stereocenters. The molecule has 0 saturated carbocycles. The molecule has 11 heteroatoms. The van der Waals surface area contributed by atoms with Crippen LogP contribution in [0.2, 0.25) is 5.02 Å². The number of anilines is 2. The van der Waals surface area contributed by atoms with Gasteiger partial charge in [-0.15, -0.1) is 0 Å². The van der Waals surface area contributed by atoms with Crippen LogP contribution in [0.25, 0.3) is 0 Å². The number of H-pyrrole nitrogens is 1. The number of aromatic amines is 1. The van der Waals surface area contributed by atoms with Gasteiger partial charge < -0.3 is 16.0 Å². The lowest BCUT2D eigenvalue weighted by Gasteiger charge is -2.48. The summed E-state index contributed by atoms with van der Waals surface area (Å²) in [7, 11) is 0. The van der Waals surface area contributed by atoms with E-state index >= 15 is 0 Å². The summed E-state index contributed by atoms with van der Waals surface area (Å²) in [6.07, 6.45) is 4.93. The summed E-state index contributed by atoms with van der Waals surface area (Å²) in [4.78, 5) is 57.0. The highest BCUT2D eigenvalue weighted by Gasteiger charge is 2.45. The number of nitrogens with zero attached hydrogens (tertiary/aromatic N) is 3. The minimum atomic E-state index is -0.669. The van der Waals surface area contributed by atoms with Gasteiger partial charge in [-0.1, -0.05) is 24.1 Å². The zero-order chi connectivity index (χ0) is 26.6. The van der Waals surface area contributed by atoms with Gasteiger partial charge in [-0.25, -0.2) is 4.79 Å². The van der Waals surface area contributed by atoms with Crippen LogP contribution in [0.3, 0.4) is 0 Å². The maximum absolute atomic E-state index is 12.8. The van der Waals surface area contributed by atoms with Crippen molar-refractivity contribution < 1.29 is 9.59 Å². The lowest BCUT2D eigenvalue weighted by Crippen LogP contribution is -2.63. The van der Waals surface area contributed by atoms with E-state index in [1.54, 1.807) is 17.0 Å². The lowest BCUT2D eigenvalue weighted by molar-refractivity contribution is -0.142. The Hall–Kier alpha value is -3.11. The number of piperidine rings is 2. The molecule has 0 radical (unpaired) electrons. The van der Waals surface area contributed by atoms with Crippen molar-refractivity contribution in [2.75, 3.05) is 31.5 Å². The van der Waals surface area contributed by atoms with Crippen LogP contribution in [-0.2, 0) is 16.1 Å². The van der Waals surface area contributed by atoms with Crippen molar-refractivity contribution >= 4 is 34.9 Å². The number of aryl methyl sites for hydroxylation is 1. The van der Waals surface area contributed by atoms with Crippen molar-refractivity contribution in [1.29, 1.82) is 0 Å². The van der Waals surface area contributed by atoms with Crippen LogP contribution in [0.5, 0.6) is 0 Å². The molecule has 3 heterocycles. The molecule has 10 nitrogen and oxygen atoms in total. The average molecular weight is 531 g/mol. The Kier molecular flexibility index (Phi) is 8.39. The molecule has 2 amide bonds. The summed E-state index contributed by atoms with van der Waals surface area (Å²) >= 11 is 6.14. The van der Waals surface area contributed by atoms with Gasteiger partial charge in [-0.3, -0.25) is 28.8 Å². The van der Waals surface area contributed by atoms with E-state index in [1.165, 1.54) is 12.5 Å². The molecule has 4 rings (SSSR count). The first-order valence-corrected chi connectivity index (χ1v) is 13.3. The molecule has 200 valence electrons. The molecule has 37 heavy (non-hydrogen) atoms. The number of rotatable bonds is 8. The Morgan fingerprint density at radius 1 is 1.08 bits per heavy atom. The topological polar surface area (TPSA) is 134 Å². The molecule has 0 aliphatic carbocycles. The number of nitrogens with two attached hydrogens (primary N) is 1. The monoisotopic (exact) mass is 530 g/mol. The smallest absolute Gasteiger partial charge is 0.329 e. The number of amides is 2. The summed E-state index contributed by atoms with van der Waals surface area (Å²) < 4.78 is 1.09. The molecule has 0 atom stereocenters. The van der Waals surface area contributed by atoms with Gasteiger partial charge in [0.15, 0.2) is 0 Å². The van der Waals surface area contributed by atoms with Gasteiger partial charge in [-0.2, -0.15) is 0 Å². The summed E-state index contributed by atoms with van der Waals surface area (Å²) in [5, 5.41) is 3.56. The highest BCUT2D eigenvalue weighted by Crippen LogP contribution is 2.32. The maximum atomic E-state index is 12.8. The molecule has 1 aromatic carbocycles. The second-order valence-corrected chi connectivity index (χ2v) is 10.4. The number of carbonyl (C=O) groups excluding carboxylic acids is 2. The zero-order valence-corrected chi connectivity index (χ0v) is 22.0. The molecule has 2 fully saturated rings. The van der Waals surface area contributed by atoms with E-state index in [4.69, 9.17) is 17.3 Å². The number of aromatic nitrogens is 2. The van der Waals surface area contributed by atoms with E-state index in [1.807, 2.05) is 13.0 Å². The Morgan fingerprint density at radius 3 is 2.41 bits per heavy atom. The number of benzene rings is 1. The van der Waals surface area contributed by atoms with Crippen LogP contribution in [-0.4, -0.2) is 62.9 Å². The fourth-order valence-corrected chi connectivity index (χ4v) is 5.52. The largest absolute Gasteiger partial charge is 0.368 e. The van der Waals surface area contributed by atoms with Crippen LogP contribution in [0.15, 0.2) is 33.9 Å². The van der Waals surface area contributed by atoms with Gasteiger partial charge in [0.25, 0.3) is 5.56 Å². The molecular weight excluding hydrogens is 496 g/mol. The maximum Gasteiger partial charge on any atom is 0.329 e. The molecule has 2 aliphatic rings. The van der Waals surface area contributed by atoms with Gasteiger partial charge in [0.1, 0.15) is 11.4 Å². The minimum absolute atomic E-state index is 0.0456. The second-order valence-electron chi connectivity index (χ2n) is 9.99. The van der Waals surface area contributed by atoms with Gasteiger partial charge in [0.05, 0.1) is 0 Å². The Balaban J connectivity index is 1.30. The highest BCUT2D eigenvalue weighted by molar-refractivity contribution is 6.31. The van der Waals surface area contributed by atoms with Crippen molar-refractivity contribution in [3.63, 3.8) is 0 Å². The van der Waals surface area contributed by atoms with E-state index in [2.05, 4.69) is 15.2 Å². The number of carbonyl (C=O) groups is 2. The fourth-order valence-electron chi connectivity index (χ4n) is 5.34. The van der Waals surface area contributed by atoms with Gasteiger partial charge >= 0.3 is 5.69 Å². The Labute approximate surface area is 220 Å². The lowest BCUT2D eigenvalue weighted by atomic mass is 9.83. The molecular formula is C26H35ClN6O4. The highest BCUT2D eigenvalue weighted by atomic mass is 35.5. The van der Waals surface area contributed by atoms with Crippen LogP contribution >= 0.6 is 11.6 Å². The van der Waals surface area contributed by atoms with Gasteiger partial charge in [0, 0.05) is 42.8 Å². The summed E-state index contributed by atoms with van der Waals surface area (Å²) in [6.45, 7) is 4.70. The minimum Gasteiger partial charge on any atom is -0.368 e. The summed E-state index contributed by atoms with van der Waals surface area (Å²) in [5.74, 6) is -0.0820. The average Bonchev–Trinajstić information content (AvgIpc) is 2.88. The predicted molar refractivity (Wildman–Crippen MR) is 143 cm³/mol. The van der Waals surface area contributed by atoms with Crippen LogP contribution in [0.1, 0.15) is 50.5 Å². The number of hydrogen-bond acceptors (Lipinski definition) is 6. The molecule has 0 spiro atoms. The van der Waals surface area contributed by atoms with Gasteiger partial charge in [-0.05, 0) is 69.8 Å². The number of primary amides is 1. The Morgan fingerprint density at radius 2 is 1.78 bits per heavy atom. The van der Waals surface area contributed by atoms with E-state index in [-0.39, 0.29) is 30.6 Å². The number of hydrogen-bond donors (Lipinski definition) is 3. The standard InChI is InChI=1S/C26H35ClN6O4/c1-18-7-8-19(16-20(18)27)29-21-17-23(35)33(25(37)30-21)13-5-6-22(34)31-14-9-26(10-15-31,24(28)36)32-11-3-2-4-12-32/h7-8,16-17,29H,2-6,9-15H2,1H3,(H2,28,36)(H,30,37). The van der Waals surface area contributed by atoms with Crippen molar-refractivity contribution in [3.05, 3.63) is 55.7 Å².